The molecule has 7 heavy (non-hydrogen) atoms. The first-order valence-electron chi connectivity index (χ1n) is 2.45. The molecule has 0 aromatic carbocycles. The van der Waals surface area contributed by atoms with Gasteiger partial charge in [0, 0.05) is 0 Å². The SMILES string of the molecule is [CH]1CCCOC=N1. The molecule has 0 bridgehead atoms. The van der Waals surface area contributed by atoms with E-state index in [0.29, 0.717) is 0 Å². The molecule has 1 heterocycles. The maximum absolute atomic E-state index is 4.87. The van der Waals surface area contributed by atoms with Gasteiger partial charge >= 0.3 is 0 Å². The highest BCUT2D eigenvalue weighted by molar-refractivity contribution is 5.47. The average molecular weight is 98.1 g/mol. The fourth-order valence-electron chi connectivity index (χ4n) is 0.471. The van der Waals surface area contributed by atoms with Crippen LogP contribution in [0, 0.1) is 6.54 Å². The number of hydrogen-bond acceptors (Lipinski definition) is 2. The van der Waals surface area contributed by atoms with Crippen molar-refractivity contribution < 1.29 is 4.74 Å². The summed E-state index contributed by atoms with van der Waals surface area (Å²) in [6.07, 6.45) is 3.64. The van der Waals surface area contributed by atoms with Gasteiger partial charge < -0.3 is 4.74 Å². The average Bonchev–Trinajstić information content (AvgIpc) is 1.90. The molecule has 0 saturated carbocycles. The molecule has 1 aliphatic heterocycles. The van der Waals surface area contributed by atoms with Crippen LogP contribution in [0.1, 0.15) is 12.8 Å². The van der Waals surface area contributed by atoms with Gasteiger partial charge in [-0.2, -0.15) is 0 Å². The molecule has 0 atom stereocenters. The van der Waals surface area contributed by atoms with Crippen molar-refractivity contribution in [1.82, 2.24) is 0 Å². The van der Waals surface area contributed by atoms with Gasteiger partial charge in [0.05, 0.1) is 13.2 Å². The van der Waals surface area contributed by atoms with Gasteiger partial charge in [0.15, 0.2) is 6.40 Å². The predicted molar refractivity (Wildman–Crippen MR) is 28.0 cm³/mol. The van der Waals surface area contributed by atoms with Crippen molar-refractivity contribution in [3.63, 3.8) is 0 Å². The molecule has 0 aromatic heterocycles. The van der Waals surface area contributed by atoms with Crippen molar-refractivity contribution in [3.05, 3.63) is 6.54 Å². The largest absolute Gasteiger partial charge is 0.483 e. The second-order valence-corrected chi connectivity index (χ2v) is 1.45. The lowest BCUT2D eigenvalue weighted by atomic mass is 10.3. The second kappa shape index (κ2) is 2.61. The zero-order valence-electron chi connectivity index (χ0n) is 4.13. The van der Waals surface area contributed by atoms with Crippen LogP contribution in [0.15, 0.2) is 4.99 Å². The summed E-state index contributed by atoms with van der Waals surface area (Å²) in [5.74, 6) is 0. The van der Waals surface area contributed by atoms with E-state index in [2.05, 4.69) is 4.99 Å². The van der Waals surface area contributed by atoms with Crippen molar-refractivity contribution in [2.75, 3.05) is 6.61 Å². The zero-order valence-corrected chi connectivity index (χ0v) is 4.13. The molecule has 1 aliphatic rings. The van der Waals surface area contributed by atoms with Gasteiger partial charge in [0.2, 0.25) is 0 Å². The zero-order chi connectivity index (χ0) is 4.95. The lowest BCUT2D eigenvalue weighted by Gasteiger charge is -1.89. The Morgan fingerprint density at radius 3 is 3.57 bits per heavy atom. The highest BCUT2D eigenvalue weighted by atomic mass is 16.5. The third-order valence-corrected chi connectivity index (χ3v) is 0.836. The Hall–Kier alpha value is -0.530. The molecule has 1 rings (SSSR count). The van der Waals surface area contributed by atoms with Crippen LogP contribution in [0.3, 0.4) is 0 Å². The minimum absolute atomic E-state index is 0.819. The molecule has 0 N–H and O–H groups in total. The monoisotopic (exact) mass is 98.1 g/mol. The maximum atomic E-state index is 4.87. The van der Waals surface area contributed by atoms with Gasteiger partial charge in [-0.15, -0.1) is 0 Å². The molecule has 39 valence electrons. The second-order valence-electron chi connectivity index (χ2n) is 1.45. The minimum Gasteiger partial charge on any atom is -0.483 e. The standard InChI is InChI=1S/C5H8NO/c1-2-4-7-5-6-3-1/h3,5H,1-2,4H2. The van der Waals surface area contributed by atoms with Crippen LogP contribution in [-0.4, -0.2) is 13.0 Å². The molecule has 2 nitrogen and oxygen atoms in total. The summed E-state index contributed by atoms with van der Waals surface area (Å²) in [4.78, 5) is 3.80. The van der Waals surface area contributed by atoms with E-state index < -0.39 is 0 Å². The molecule has 0 unspecified atom stereocenters. The number of ether oxygens (including phenoxy) is 1. The van der Waals surface area contributed by atoms with Gasteiger partial charge in [0.25, 0.3) is 0 Å². The van der Waals surface area contributed by atoms with Gasteiger partial charge in [-0.1, -0.05) is 0 Å². The van der Waals surface area contributed by atoms with Crippen molar-refractivity contribution in [3.8, 4) is 0 Å². The molecule has 2 heteroatoms. The van der Waals surface area contributed by atoms with Crippen molar-refractivity contribution in [2.45, 2.75) is 12.8 Å². The van der Waals surface area contributed by atoms with Crippen LogP contribution in [0.4, 0.5) is 0 Å². The first-order valence-corrected chi connectivity index (χ1v) is 2.45. The molecule has 0 spiro atoms. The third-order valence-electron chi connectivity index (χ3n) is 0.836. The number of nitrogens with zero attached hydrogens (tertiary/aromatic N) is 1. The number of hydrogen-bond donors (Lipinski definition) is 0. The molecular weight excluding hydrogens is 90.1 g/mol. The Bertz CT molecular complexity index is 62.5. The normalized spacial score (nSPS) is 20.6. The van der Waals surface area contributed by atoms with E-state index in [4.69, 9.17) is 4.74 Å². The van der Waals surface area contributed by atoms with Gasteiger partial charge in [0.1, 0.15) is 0 Å². The van der Waals surface area contributed by atoms with Crippen LogP contribution in [0.5, 0.6) is 0 Å². The fourth-order valence-corrected chi connectivity index (χ4v) is 0.471. The Balaban J connectivity index is 2.20. The lowest BCUT2D eigenvalue weighted by molar-refractivity contribution is 0.319. The van der Waals surface area contributed by atoms with E-state index in [9.17, 15) is 0 Å². The van der Waals surface area contributed by atoms with Crippen LogP contribution in [-0.2, 0) is 4.74 Å². The summed E-state index contributed by atoms with van der Waals surface area (Å²) in [7, 11) is 0. The number of rotatable bonds is 0. The highest BCUT2D eigenvalue weighted by Gasteiger charge is 1.89. The topological polar surface area (TPSA) is 21.6 Å². The van der Waals surface area contributed by atoms with Crippen LogP contribution in [0.2, 0.25) is 0 Å². The summed E-state index contributed by atoms with van der Waals surface area (Å²) >= 11 is 0. The van der Waals surface area contributed by atoms with E-state index in [0.717, 1.165) is 19.4 Å². The smallest absolute Gasteiger partial charge is 0.169 e. The molecular formula is C5H8NO. The maximum Gasteiger partial charge on any atom is 0.169 e. The van der Waals surface area contributed by atoms with E-state index in [1.54, 1.807) is 0 Å². The molecule has 0 aliphatic carbocycles. The van der Waals surface area contributed by atoms with Crippen molar-refractivity contribution in [1.29, 1.82) is 0 Å². The molecule has 0 fully saturated rings. The Morgan fingerprint density at radius 2 is 2.57 bits per heavy atom. The summed E-state index contributed by atoms with van der Waals surface area (Å²) in [6.45, 7) is 2.69. The third kappa shape index (κ3) is 1.57. The summed E-state index contributed by atoms with van der Waals surface area (Å²) in [5.41, 5.74) is 0. The van der Waals surface area contributed by atoms with Gasteiger partial charge in [-0.3, -0.25) is 4.99 Å². The molecule has 0 amide bonds. The first-order chi connectivity index (χ1) is 3.50. The Morgan fingerprint density at radius 1 is 1.57 bits per heavy atom. The highest BCUT2D eigenvalue weighted by Crippen LogP contribution is 1.97. The van der Waals surface area contributed by atoms with Crippen molar-refractivity contribution >= 4 is 6.40 Å². The fraction of sp³-hybridized carbons (Fsp3) is 0.600. The van der Waals surface area contributed by atoms with Crippen LogP contribution in [0.25, 0.3) is 0 Å². The van der Waals surface area contributed by atoms with E-state index in [-0.39, 0.29) is 0 Å². The van der Waals surface area contributed by atoms with Crippen LogP contribution < -0.4 is 0 Å². The van der Waals surface area contributed by atoms with E-state index >= 15 is 0 Å². The molecule has 0 saturated heterocycles. The summed E-state index contributed by atoms with van der Waals surface area (Å²) in [6, 6.07) is 0. The summed E-state index contributed by atoms with van der Waals surface area (Å²) in [5, 5.41) is 0. The Labute approximate surface area is 43.2 Å². The van der Waals surface area contributed by atoms with E-state index in [1.165, 1.54) is 6.40 Å². The Kier molecular flexibility index (Phi) is 1.72. The van der Waals surface area contributed by atoms with Crippen molar-refractivity contribution in [2.24, 2.45) is 4.99 Å². The van der Waals surface area contributed by atoms with E-state index in [1.807, 2.05) is 6.54 Å². The quantitative estimate of drug-likeness (QED) is 0.442. The number of aliphatic imine (C=N–C) groups is 1. The van der Waals surface area contributed by atoms with Crippen LogP contribution >= 0.6 is 0 Å². The molecule has 1 radical (unpaired) electrons. The first kappa shape index (κ1) is 4.62. The molecule has 0 aromatic rings. The predicted octanol–water partition coefficient (Wildman–Crippen LogP) is 0.987. The minimum atomic E-state index is 0.819. The van der Waals surface area contributed by atoms with Gasteiger partial charge in [-0.05, 0) is 12.8 Å². The summed E-state index contributed by atoms with van der Waals surface area (Å²) < 4.78 is 4.87. The lowest BCUT2D eigenvalue weighted by Crippen LogP contribution is -1.85. The van der Waals surface area contributed by atoms with Gasteiger partial charge in [-0.25, -0.2) is 0 Å².